The highest BCUT2D eigenvalue weighted by Gasteiger charge is 2.20. The summed E-state index contributed by atoms with van der Waals surface area (Å²) in [5, 5.41) is 2.73. The van der Waals surface area contributed by atoms with Gasteiger partial charge in [0.2, 0.25) is 0 Å². The van der Waals surface area contributed by atoms with E-state index < -0.39 is 0 Å². The zero-order valence-corrected chi connectivity index (χ0v) is 9.54. The van der Waals surface area contributed by atoms with Crippen molar-refractivity contribution < 1.29 is 4.74 Å². The fourth-order valence-corrected chi connectivity index (χ4v) is 2.81. The van der Waals surface area contributed by atoms with Crippen LogP contribution in [0.15, 0.2) is 35.5 Å². The Morgan fingerprint density at radius 1 is 1.31 bits per heavy atom. The lowest BCUT2D eigenvalue weighted by Crippen LogP contribution is -2.30. The van der Waals surface area contributed by atoms with Crippen molar-refractivity contribution in [2.45, 2.75) is 10.1 Å². The van der Waals surface area contributed by atoms with Gasteiger partial charge in [-0.3, -0.25) is 4.98 Å². The number of rotatable bonds is 2. The van der Waals surface area contributed by atoms with E-state index in [0.717, 1.165) is 34.6 Å². The molecule has 0 aliphatic carbocycles. The van der Waals surface area contributed by atoms with Crippen LogP contribution in [0, 0.1) is 0 Å². The normalized spacial score (nSPS) is 16.2. The molecule has 16 heavy (non-hydrogen) atoms. The van der Waals surface area contributed by atoms with Gasteiger partial charge >= 0.3 is 0 Å². The van der Waals surface area contributed by atoms with Crippen molar-refractivity contribution >= 4 is 28.2 Å². The number of nitrogens with two attached hydrogens (primary N) is 1. The van der Waals surface area contributed by atoms with Crippen LogP contribution in [0.2, 0.25) is 0 Å². The fraction of sp³-hybridized carbons (Fsp3) is 0.250. The van der Waals surface area contributed by atoms with Crippen molar-refractivity contribution in [1.82, 2.24) is 4.98 Å². The summed E-state index contributed by atoms with van der Waals surface area (Å²) in [5.41, 5.74) is 7.01. The Morgan fingerprint density at radius 3 is 2.94 bits per heavy atom. The van der Waals surface area contributed by atoms with E-state index in [1.807, 2.05) is 12.3 Å². The van der Waals surface area contributed by atoms with Crippen LogP contribution in [-0.2, 0) is 4.74 Å². The van der Waals surface area contributed by atoms with Gasteiger partial charge in [0.05, 0.1) is 24.2 Å². The molecule has 3 rings (SSSR count). The van der Waals surface area contributed by atoms with Gasteiger partial charge in [-0.2, -0.15) is 0 Å². The van der Waals surface area contributed by atoms with Crippen LogP contribution in [0.25, 0.3) is 10.8 Å². The molecular weight excluding hydrogens is 220 g/mol. The topological polar surface area (TPSA) is 48.1 Å². The first kappa shape index (κ1) is 9.93. The molecule has 0 saturated carbocycles. The van der Waals surface area contributed by atoms with E-state index in [2.05, 4.69) is 17.1 Å². The van der Waals surface area contributed by atoms with Crippen LogP contribution in [0.4, 0.5) is 5.69 Å². The first-order chi connectivity index (χ1) is 7.84. The van der Waals surface area contributed by atoms with E-state index in [9.17, 15) is 0 Å². The number of anilines is 1. The van der Waals surface area contributed by atoms with Crippen LogP contribution in [0.1, 0.15) is 0 Å². The van der Waals surface area contributed by atoms with Crippen molar-refractivity contribution in [2.24, 2.45) is 0 Å². The molecule has 0 radical (unpaired) electrons. The first-order valence-corrected chi connectivity index (χ1v) is 6.09. The zero-order valence-electron chi connectivity index (χ0n) is 8.72. The Morgan fingerprint density at radius 2 is 2.19 bits per heavy atom. The second-order valence-electron chi connectivity index (χ2n) is 3.85. The summed E-state index contributed by atoms with van der Waals surface area (Å²) < 4.78 is 5.16. The number of thioether (sulfide) groups is 1. The van der Waals surface area contributed by atoms with E-state index >= 15 is 0 Å². The zero-order chi connectivity index (χ0) is 11.0. The van der Waals surface area contributed by atoms with Gasteiger partial charge in [0.25, 0.3) is 0 Å². The van der Waals surface area contributed by atoms with Gasteiger partial charge < -0.3 is 10.5 Å². The SMILES string of the molecule is Nc1c(SC2COC2)ccc2cnccc12. The van der Waals surface area contributed by atoms with Crippen LogP contribution < -0.4 is 5.73 Å². The molecule has 4 heteroatoms. The molecule has 3 nitrogen and oxygen atoms in total. The Hall–Kier alpha value is -1.26. The smallest absolute Gasteiger partial charge is 0.0611 e. The monoisotopic (exact) mass is 232 g/mol. The maximum absolute atomic E-state index is 6.16. The van der Waals surface area contributed by atoms with Crippen LogP contribution in [0.3, 0.4) is 0 Å². The van der Waals surface area contributed by atoms with Gasteiger partial charge in [-0.25, -0.2) is 0 Å². The summed E-state index contributed by atoms with van der Waals surface area (Å²) in [7, 11) is 0. The van der Waals surface area contributed by atoms with Gasteiger partial charge in [-0.05, 0) is 12.1 Å². The lowest BCUT2D eigenvalue weighted by molar-refractivity contribution is 0.0455. The molecule has 0 atom stereocenters. The molecule has 1 aliphatic rings. The third kappa shape index (κ3) is 1.64. The summed E-state index contributed by atoms with van der Waals surface area (Å²) in [6, 6.07) is 6.11. The summed E-state index contributed by atoms with van der Waals surface area (Å²) in [6.45, 7) is 1.66. The van der Waals surface area contributed by atoms with E-state index in [1.165, 1.54) is 0 Å². The molecule has 2 aromatic rings. The van der Waals surface area contributed by atoms with Crippen molar-refractivity contribution in [3.8, 4) is 0 Å². The third-order valence-corrected chi connectivity index (χ3v) is 3.94. The molecule has 1 aliphatic heterocycles. The van der Waals surface area contributed by atoms with Gasteiger partial charge in [0.1, 0.15) is 0 Å². The Balaban J connectivity index is 2.01. The van der Waals surface area contributed by atoms with Crippen LogP contribution in [-0.4, -0.2) is 23.4 Å². The number of pyridine rings is 1. The predicted octanol–water partition coefficient (Wildman–Crippen LogP) is 2.31. The maximum Gasteiger partial charge on any atom is 0.0611 e. The van der Waals surface area contributed by atoms with Gasteiger partial charge in [-0.1, -0.05) is 6.07 Å². The first-order valence-electron chi connectivity index (χ1n) is 5.21. The van der Waals surface area contributed by atoms with Gasteiger partial charge in [0, 0.05) is 28.1 Å². The number of ether oxygens (including phenoxy) is 1. The largest absolute Gasteiger partial charge is 0.397 e. The molecule has 82 valence electrons. The minimum atomic E-state index is 0.557. The summed E-state index contributed by atoms with van der Waals surface area (Å²) in [4.78, 5) is 5.23. The van der Waals surface area contributed by atoms with Crippen molar-refractivity contribution in [2.75, 3.05) is 18.9 Å². The molecule has 0 bridgehead atoms. The lowest BCUT2D eigenvalue weighted by Gasteiger charge is -2.25. The quantitative estimate of drug-likeness (QED) is 0.807. The Bertz CT molecular complexity index is 525. The highest BCUT2D eigenvalue weighted by molar-refractivity contribution is 8.00. The van der Waals surface area contributed by atoms with Gasteiger partial charge in [0.15, 0.2) is 0 Å². The molecule has 0 unspecified atom stereocenters. The molecule has 1 aromatic carbocycles. The number of benzene rings is 1. The second kappa shape index (κ2) is 3.96. The highest BCUT2D eigenvalue weighted by atomic mass is 32.2. The third-order valence-electron chi connectivity index (χ3n) is 2.72. The fourth-order valence-electron chi connectivity index (χ4n) is 1.74. The standard InChI is InChI=1S/C12H12N2OS/c13-12-10-3-4-14-5-8(10)1-2-11(12)16-9-6-15-7-9/h1-5,9H,6-7,13H2. The van der Waals surface area contributed by atoms with Crippen molar-refractivity contribution in [3.05, 3.63) is 30.6 Å². The predicted molar refractivity (Wildman–Crippen MR) is 66.6 cm³/mol. The molecule has 0 amide bonds. The Labute approximate surface area is 98.0 Å². The number of aromatic nitrogens is 1. The average Bonchev–Trinajstić information content (AvgIpc) is 2.26. The summed E-state index contributed by atoms with van der Waals surface area (Å²) in [5.74, 6) is 0. The summed E-state index contributed by atoms with van der Waals surface area (Å²) in [6.07, 6.45) is 3.62. The van der Waals surface area contributed by atoms with E-state index in [-0.39, 0.29) is 0 Å². The number of nitrogen functional groups attached to an aromatic ring is 1. The van der Waals surface area contributed by atoms with Crippen molar-refractivity contribution in [1.29, 1.82) is 0 Å². The molecule has 1 aromatic heterocycles. The number of nitrogens with zero attached hydrogens (tertiary/aromatic N) is 1. The Kier molecular flexibility index (Phi) is 2.46. The average molecular weight is 232 g/mol. The van der Waals surface area contributed by atoms with Crippen LogP contribution >= 0.6 is 11.8 Å². The van der Waals surface area contributed by atoms with Crippen molar-refractivity contribution in [3.63, 3.8) is 0 Å². The molecular formula is C12H12N2OS. The van der Waals surface area contributed by atoms with E-state index in [4.69, 9.17) is 10.5 Å². The minimum absolute atomic E-state index is 0.557. The number of hydrogen-bond donors (Lipinski definition) is 1. The molecule has 2 heterocycles. The minimum Gasteiger partial charge on any atom is -0.397 e. The molecule has 1 saturated heterocycles. The highest BCUT2D eigenvalue weighted by Crippen LogP contribution is 2.35. The number of hydrogen-bond acceptors (Lipinski definition) is 4. The number of fused-ring (bicyclic) bond motifs is 1. The molecule has 0 spiro atoms. The van der Waals surface area contributed by atoms with E-state index in [1.54, 1.807) is 18.0 Å². The second-order valence-corrected chi connectivity index (χ2v) is 5.19. The maximum atomic E-state index is 6.16. The lowest BCUT2D eigenvalue weighted by atomic mass is 10.1. The summed E-state index contributed by atoms with van der Waals surface area (Å²) >= 11 is 1.80. The van der Waals surface area contributed by atoms with Gasteiger partial charge in [-0.15, -0.1) is 11.8 Å². The van der Waals surface area contributed by atoms with E-state index in [0.29, 0.717) is 5.25 Å². The molecule has 2 N–H and O–H groups in total. The van der Waals surface area contributed by atoms with Crippen LogP contribution in [0.5, 0.6) is 0 Å². The molecule has 1 fully saturated rings.